The number of hydrogen-bond donors (Lipinski definition) is 3. The lowest BCUT2D eigenvalue weighted by Gasteiger charge is -2.30. The van der Waals surface area contributed by atoms with Crippen LogP contribution in [-0.4, -0.2) is 18.1 Å². The van der Waals surface area contributed by atoms with Crippen LogP contribution in [0.4, 0.5) is 5.69 Å². The largest absolute Gasteiger partial charge is 0.496 e. The third-order valence-corrected chi connectivity index (χ3v) is 4.53. The summed E-state index contributed by atoms with van der Waals surface area (Å²) in [4.78, 5) is 13.0. The third-order valence-electron chi connectivity index (χ3n) is 4.31. The number of thiocarbonyl (C=S) groups is 1. The monoisotopic (exact) mass is 367 g/mol. The van der Waals surface area contributed by atoms with Gasteiger partial charge in [-0.1, -0.05) is 30.3 Å². The Labute approximate surface area is 158 Å². The van der Waals surface area contributed by atoms with E-state index in [9.17, 15) is 4.79 Å². The summed E-state index contributed by atoms with van der Waals surface area (Å²) in [7, 11) is 1.64. The first-order valence-electron chi connectivity index (χ1n) is 8.29. The Morgan fingerprint density at radius 1 is 1.15 bits per heavy atom. The summed E-state index contributed by atoms with van der Waals surface area (Å²) < 4.78 is 5.43. The lowest BCUT2D eigenvalue weighted by molar-refractivity contribution is -0.113. The second-order valence-electron chi connectivity index (χ2n) is 6.12. The number of methoxy groups -OCH3 is 1. The van der Waals surface area contributed by atoms with Gasteiger partial charge in [-0.15, -0.1) is 0 Å². The molecule has 0 aliphatic carbocycles. The van der Waals surface area contributed by atoms with Crippen LogP contribution in [0.1, 0.15) is 24.1 Å². The standard InChI is InChI=1S/C20H21N3O2S/c1-12-9-10-14(11-16(12)25-3)18-17(13(2)21-20(26)23-18)19(24)22-15-7-5-4-6-8-15/h4-11,18H,1-3H3,(H,22,24)(H2,21,23,26)/t18-/m1/s1. The molecule has 6 heteroatoms. The maximum atomic E-state index is 13.0. The second kappa shape index (κ2) is 7.58. The number of amides is 1. The number of benzene rings is 2. The Morgan fingerprint density at radius 3 is 2.58 bits per heavy atom. The van der Waals surface area contributed by atoms with Crippen LogP contribution in [0.3, 0.4) is 0 Å². The zero-order chi connectivity index (χ0) is 18.7. The maximum absolute atomic E-state index is 13.0. The van der Waals surface area contributed by atoms with Crippen LogP contribution in [0.15, 0.2) is 59.8 Å². The van der Waals surface area contributed by atoms with Gasteiger partial charge in [0.2, 0.25) is 0 Å². The molecular weight excluding hydrogens is 346 g/mol. The fourth-order valence-corrected chi connectivity index (χ4v) is 3.25. The second-order valence-corrected chi connectivity index (χ2v) is 6.53. The molecule has 3 rings (SSSR count). The molecule has 0 bridgehead atoms. The number of ether oxygens (including phenoxy) is 1. The summed E-state index contributed by atoms with van der Waals surface area (Å²) in [6.45, 7) is 3.83. The van der Waals surface area contributed by atoms with Crippen molar-refractivity contribution in [2.24, 2.45) is 0 Å². The number of carbonyl (C=O) groups is 1. The van der Waals surface area contributed by atoms with Crippen molar-refractivity contribution >= 4 is 28.9 Å². The zero-order valence-electron chi connectivity index (χ0n) is 14.9. The lowest BCUT2D eigenvalue weighted by atomic mass is 9.94. The molecular formula is C20H21N3O2S. The molecule has 3 N–H and O–H groups in total. The number of rotatable bonds is 4. The minimum Gasteiger partial charge on any atom is -0.496 e. The van der Waals surface area contributed by atoms with Gasteiger partial charge in [0, 0.05) is 11.4 Å². The summed E-state index contributed by atoms with van der Waals surface area (Å²) in [5, 5.41) is 9.67. The minimum atomic E-state index is -0.359. The van der Waals surface area contributed by atoms with E-state index >= 15 is 0 Å². The highest BCUT2D eigenvalue weighted by molar-refractivity contribution is 7.80. The van der Waals surface area contributed by atoms with Crippen molar-refractivity contribution in [2.45, 2.75) is 19.9 Å². The topological polar surface area (TPSA) is 62.4 Å². The SMILES string of the molecule is COc1cc([C@H]2NC(=S)NC(C)=C2C(=O)Nc2ccccc2)ccc1C. The van der Waals surface area contributed by atoms with Crippen LogP contribution in [-0.2, 0) is 4.79 Å². The molecule has 26 heavy (non-hydrogen) atoms. The van der Waals surface area contributed by atoms with Crippen molar-refractivity contribution < 1.29 is 9.53 Å². The van der Waals surface area contributed by atoms with Crippen molar-refractivity contribution in [1.29, 1.82) is 0 Å². The quantitative estimate of drug-likeness (QED) is 0.723. The molecule has 1 atom stereocenters. The molecule has 1 amide bonds. The molecule has 1 aliphatic heterocycles. The number of nitrogens with one attached hydrogen (secondary N) is 3. The zero-order valence-corrected chi connectivity index (χ0v) is 15.7. The fraction of sp³-hybridized carbons (Fsp3) is 0.200. The summed E-state index contributed by atoms with van der Waals surface area (Å²) in [5.74, 6) is 0.593. The highest BCUT2D eigenvalue weighted by Crippen LogP contribution is 2.31. The van der Waals surface area contributed by atoms with E-state index < -0.39 is 0 Å². The molecule has 134 valence electrons. The molecule has 0 radical (unpaired) electrons. The summed E-state index contributed by atoms with van der Waals surface area (Å²) >= 11 is 5.30. The summed E-state index contributed by atoms with van der Waals surface area (Å²) in [6, 6.07) is 14.9. The Hall–Kier alpha value is -2.86. The molecule has 0 fully saturated rings. The smallest absolute Gasteiger partial charge is 0.255 e. The molecule has 0 saturated carbocycles. The molecule has 5 nitrogen and oxygen atoms in total. The first-order valence-corrected chi connectivity index (χ1v) is 8.69. The average molecular weight is 367 g/mol. The first-order chi connectivity index (χ1) is 12.5. The highest BCUT2D eigenvalue weighted by atomic mass is 32.1. The molecule has 1 heterocycles. The molecule has 2 aromatic rings. The predicted octanol–water partition coefficient (Wildman–Crippen LogP) is 3.44. The number of anilines is 1. The molecule has 0 saturated heterocycles. The molecule has 0 unspecified atom stereocenters. The van der Waals surface area contributed by atoms with Gasteiger partial charge in [-0.25, -0.2) is 0 Å². The number of hydrogen-bond acceptors (Lipinski definition) is 3. The van der Waals surface area contributed by atoms with E-state index in [-0.39, 0.29) is 11.9 Å². The minimum absolute atomic E-state index is 0.180. The molecule has 0 aromatic heterocycles. The van der Waals surface area contributed by atoms with E-state index in [1.807, 2.05) is 62.4 Å². The Kier molecular flexibility index (Phi) is 5.23. The normalized spacial score (nSPS) is 16.6. The van der Waals surface area contributed by atoms with E-state index in [0.29, 0.717) is 10.7 Å². The third kappa shape index (κ3) is 3.70. The van der Waals surface area contributed by atoms with Gasteiger partial charge in [0.15, 0.2) is 5.11 Å². The van der Waals surface area contributed by atoms with E-state index in [0.717, 1.165) is 28.3 Å². The number of carbonyl (C=O) groups excluding carboxylic acids is 1. The van der Waals surface area contributed by atoms with Crippen LogP contribution >= 0.6 is 12.2 Å². The number of allylic oxidation sites excluding steroid dienone is 1. The number of para-hydroxylation sites is 1. The van der Waals surface area contributed by atoms with Gasteiger partial charge in [0.25, 0.3) is 5.91 Å². The molecule has 1 aliphatic rings. The van der Waals surface area contributed by atoms with Crippen LogP contribution in [0, 0.1) is 6.92 Å². The number of aryl methyl sites for hydroxylation is 1. The van der Waals surface area contributed by atoms with E-state index in [1.165, 1.54) is 0 Å². The van der Waals surface area contributed by atoms with Crippen LogP contribution in [0.25, 0.3) is 0 Å². The Balaban J connectivity index is 1.98. The van der Waals surface area contributed by atoms with Gasteiger partial charge in [-0.2, -0.15) is 0 Å². The fourth-order valence-electron chi connectivity index (χ4n) is 2.98. The predicted molar refractivity (Wildman–Crippen MR) is 107 cm³/mol. The van der Waals surface area contributed by atoms with Crippen molar-refractivity contribution in [3.05, 3.63) is 70.9 Å². The first kappa shape index (κ1) is 17.9. The Bertz CT molecular complexity index is 878. The van der Waals surface area contributed by atoms with Crippen molar-refractivity contribution in [3.8, 4) is 5.75 Å². The summed E-state index contributed by atoms with van der Waals surface area (Å²) in [5.41, 5.74) is 4.00. The molecule has 0 spiro atoms. The van der Waals surface area contributed by atoms with E-state index in [2.05, 4.69) is 16.0 Å². The van der Waals surface area contributed by atoms with Crippen molar-refractivity contribution in [1.82, 2.24) is 10.6 Å². The van der Waals surface area contributed by atoms with Crippen LogP contribution < -0.4 is 20.7 Å². The van der Waals surface area contributed by atoms with Gasteiger partial charge in [-0.05, 0) is 55.4 Å². The highest BCUT2D eigenvalue weighted by Gasteiger charge is 2.30. The van der Waals surface area contributed by atoms with Crippen LogP contribution in [0.2, 0.25) is 0 Å². The van der Waals surface area contributed by atoms with Gasteiger partial charge in [0.05, 0.1) is 18.7 Å². The van der Waals surface area contributed by atoms with Crippen molar-refractivity contribution in [3.63, 3.8) is 0 Å². The average Bonchev–Trinajstić information content (AvgIpc) is 2.62. The Morgan fingerprint density at radius 2 is 1.88 bits per heavy atom. The van der Waals surface area contributed by atoms with E-state index in [1.54, 1.807) is 7.11 Å². The van der Waals surface area contributed by atoms with Crippen molar-refractivity contribution in [2.75, 3.05) is 12.4 Å². The maximum Gasteiger partial charge on any atom is 0.255 e. The molecule has 2 aromatic carbocycles. The van der Waals surface area contributed by atoms with E-state index in [4.69, 9.17) is 17.0 Å². The van der Waals surface area contributed by atoms with Gasteiger partial charge in [-0.3, -0.25) is 4.79 Å². The van der Waals surface area contributed by atoms with Gasteiger partial charge < -0.3 is 20.7 Å². The lowest BCUT2D eigenvalue weighted by Crippen LogP contribution is -2.45. The van der Waals surface area contributed by atoms with Gasteiger partial charge >= 0.3 is 0 Å². The van der Waals surface area contributed by atoms with Crippen LogP contribution in [0.5, 0.6) is 5.75 Å². The van der Waals surface area contributed by atoms with Gasteiger partial charge in [0.1, 0.15) is 5.75 Å². The summed E-state index contributed by atoms with van der Waals surface area (Å²) in [6.07, 6.45) is 0.